The number of hydrogen-bond acceptors (Lipinski definition) is 4. The number of phenols is 1. The van der Waals surface area contributed by atoms with Crippen LogP contribution in [0.1, 0.15) is 24.5 Å². The zero-order valence-electron chi connectivity index (χ0n) is 13.9. The number of aliphatic hydroxyl groups excluding tert-OH is 1. The van der Waals surface area contributed by atoms with Gasteiger partial charge in [0.1, 0.15) is 5.75 Å². The van der Waals surface area contributed by atoms with Gasteiger partial charge in [0.2, 0.25) is 0 Å². The first-order chi connectivity index (χ1) is 12.1. The third-order valence-corrected chi connectivity index (χ3v) is 8.47. The lowest BCUT2D eigenvalue weighted by atomic mass is 9.72. The highest BCUT2D eigenvalue weighted by Gasteiger charge is 2.45. The van der Waals surface area contributed by atoms with Gasteiger partial charge in [-0.05, 0) is 61.1 Å². The van der Waals surface area contributed by atoms with Crippen molar-refractivity contribution in [2.24, 2.45) is 11.8 Å². The summed E-state index contributed by atoms with van der Waals surface area (Å²) in [5, 5.41) is 22.8. The number of alkyl halides is 2. The highest BCUT2D eigenvalue weighted by atomic mass is 79.9. The van der Waals surface area contributed by atoms with Crippen LogP contribution in [0.5, 0.6) is 5.75 Å². The minimum Gasteiger partial charge on any atom is -0.508 e. The van der Waals surface area contributed by atoms with E-state index in [9.17, 15) is 10.2 Å². The third kappa shape index (κ3) is 3.22. The molecule has 3 aliphatic rings. The molecule has 6 atom stereocenters. The van der Waals surface area contributed by atoms with Crippen molar-refractivity contribution in [3.63, 3.8) is 0 Å². The first-order valence-electron chi connectivity index (χ1n) is 8.78. The molecule has 4 nitrogen and oxygen atoms in total. The average molecular weight is 470 g/mol. The number of aromatic nitrogens is 1. The Morgan fingerprint density at radius 3 is 2.88 bits per heavy atom. The number of benzene rings is 1. The highest BCUT2D eigenvalue weighted by Crippen LogP contribution is 2.44. The number of hydrogen-bond donors (Lipinski definition) is 2. The molecule has 5 rings (SSSR count). The van der Waals surface area contributed by atoms with Gasteiger partial charge in [0, 0.05) is 34.3 Å². The molecule has 4 heterocycles. The Labute approximate surface area is 164 Å². The summed E-state index contributed by atoms with van der Waals surface area (Å²) in [6.45, 7) is 2.08. The van der Waals surface area contributed by atoms with E-state index in [2.05, 4.69) is 41.7 Å². The quantitative estimate of drug-likeness (QED) is 0.668. The molecule has 0 spiro atoms. The zero-order valence-corrected chi connectivity index (χ0v) is 17.0. The van der Waals surface area contributed by atoms with Crippen LogP contribution >= 0.6 is 31.9 Å². The summed E-state index contributed by atoms with van der Waals surface area (Å²) in [5.41, 5.74) is 1.67. The number of fused-ring (bicyclic) bond motifs is 4. The second-order valence-electron chi connectivity index (χ2n) is 7.23. The van der Waals surface area contributed by atoms with Crippen LogP contribution in [-0.2, 0) is 0 Å². The molecule has 1 aromatic carbocycles. The fraction of sp³-hybridized carbons (Fsp3) is 0.526. The van der Waals surface area contributed by atoms with Gasteiger partial charge in [0.15, 0.2) is 0 Å². The van der Waals surface area contributed by atoms with Gasteiger partial charge < -0.3 is 10.2 Å². The van der Waals surface area contributed by atoms with Crippen molar-refractivity contribution >= 4 is 42.8 Å². The molecule has 3 aliphatic heterocycles. The molecule has 0 saturated carbocycles. The lowest BCUT2D eigenvalue weighted by molar-refractivity contribution is -0.0541. The monoisotopic (exact) mass is 468 g/mol. The van der Waals surface area contributed by atoms with Crippen LogP contribution in [0.3, 0.4) is 0 Å². The van der Waals surface area contributed by atoms with Gasteiger partial charge >= 0.3 is 0 Å². The van der Waals surface area contributed by atoms with Gasteiger partial charge in [-0.25, -0.2) is 0 Å². The molecule has 1 aromatic heterocycles. The van der Waals surface area contributed by atoms with E-state index in [1.165, 1.54) is 6.42 Å². The Kier molecular flexibility index (Phi) is 5.06. The van der Waals surface area contributed by atoms with Crippen molar-refractivity contribution in [1.82, 2.24) is 9.88 Å². The number of halogens is 2. The number of phenolic OH excluding ortho intramolecular Hbond substituents is 1. The van der Waals surface area contributed by atoms with Crippen LogP contribution in [0.15, 0.2) is 30.5 Å². The van der Waals surface area contributed by atoms with Crippen LogP contribution in [0.2, 0.25) is 0 Å². The Morgan fingerprint density at radius 1 is 1.32 bits per heavy atom. The molecule has 3 saturated heterocycles. The fourth-order valence-corrected chi connectivity index (χ4v) is 5.66. The third-order valence-electron chi connectivity index (χ3n) is 5.91. The Balaban J connectivity index is 1.63. The molecule has 134 valence electrons. The fourth-order valence-electron chi connectivity index (χ4n) is 4.58. The van der Waals surface area contributed by atoms with Crippen molar-refractivity contribution in [1.29, 1.82) is 0 Å². The molecule has 2 N–H and O–H groups in total. The van der Waals surface area contributed by atoms with E-state index < -0.39 is 6.10 Å². The van der Waals surface area contributed by atoms with E-state index in [0.29, 0.717) is 16.7 Å². The standard InChI is InChI=1S/C19H22Br2N2O2/c20-9-16(21)15-10-23-6-4-11(15)7-18(23)19(25)13-3-5-22-17-2-1-12(24)8-14(13)17/h1-3,5,8,11,15-16,18-19,24-25H,4,6-7,9-10H2/t11-,15-,16?,18+,19?/m0/s1. The minimum absolute atomic E-state index is 0.137. The van der Waals surface area contributed by atoms with Crippen molar-refractivity contribution < 1.29 is 10.2 Å². The smallest absolute Gasteiger partial charge is 0.116 e. The van der Waals surface area contributed by atoms with Crippen LogP contribution in [-0.4, -0.2) is 49.4 Å². The summed E-state index contributed by atoms with van der Waals surface area (Å²) in [6.07, 6.45) is 3.41. The van der Waals surface area contributed by atoms with Gasteiger partial charge in [-0.2, -0.15) is 0 Å². The molecule has 2 bridgehead atoms. The lowest BCUT2D eigenvalue weighted by Crippen LogP contribution is -2.57. The molecule has 6 heteroatoms. The molecular weight excluding hydrogens is 448 g/mol. The Bertz CT molecular complexity index is 772. The summed E-state index contributed by atoms with van der Waals surface area (Å²) in [7, 11) is 0. The summed E-state index contributed by atoms with van der Waals surface area (Å²) in [5.74, 6) is 1.49. The summed E-state index contributed by atoms with van der Waals surface area (Å²) >= 11 is 7.40. The van der Waals surface area contributed by atoms with E-state index in [1.54, 1.807) is 24.4 Å². The van der Waals surface area contributed by atoms with Gasteiger partial charge in [0.05, 0.1) is 11.6 Å². The molecule has 2 aromatic rings. The van der Waals surface area contributed by atoms with Crippen LogP contribution in [0.25, 0.3) is 10.9 Å². The number of nitrogens with zero attached hydrogens (tertiary/aromatic N) is 2. The highest BCUT2D eigenvalue weighted by molar-refractivity contribution is 9.12. The molecule has 0 aliphatic carbocycles. The van der Waals surface area contributed by atoms with E-state index >= 15 is 0 Å². The minimum atomic E-state index is -0.561. The van der Waals surface area contributed by atoms with E-state index in [-0.39, 0.29) is 11.8 Å². The van der Waals surface area contributed by atoms with Crippen LogP contribution in [0.4, 0.5) is 0 Å². The normalized spacial score (nSPS) is 31.2. The van der Waals surface area contributed by atoms with Crippen molar-refractivity contribution in [3.05, 3.63) is 36.0 Å². The molecular formula is C19H22Br2N2O2. The van der Waals surface area contributed by atoms with E-state index in [1.807, 2.05) is 6.07 Å². The largest absolute Gasteiger partial charge is 0.508 e. The Hall–Kier alpha value is -0.690. The predicted octanol–water partition coefficient (Wildman–Crippen LogP) is 3.84. The first-order valence-corrected chi connectivity index (χ1v) is 10.8. The van der Waals surface area contributed by atoms with Crippen LogP contribution in [0, 0.1) is 11.8 Å². The molecule has 3 unspecified atom stereocenters. The number of aliphatic hydroxyl groups is 1. The molecule has 25 heavy (non-hydrogen) atoms. The first kappa shape index (κ1) is 17.7. The maximum absolute atomic E-state index is 11.2. The second-order valence-corrected chi connectivity index (χ2v) is 9.05. The van der Waals surface area contributed by atoms with Gasteiger partial charge in [0.25, 0.3) is 0 Å². The summed E-state index contributed by atoms with van der Waals surface area (Å²) < 4.78 is 0. The number of pyridine rings is 1. The summed E-state index contributed by atoms with van der Waals surface area (Å²) in [4.78, 5) is 7.29. The SMILES string of the molecule is Oc1ccc2nccc(C(O)[C@H]3C[C@@H]4CCN3C[C@@H]4C(Br)CBr)c2c1. The van der Waals surface area contributed by atoms with E-state index in [0.717, 1.165) is 41.3 Å². The van der Waals surface area contributed by atoms with Gasteiger partial charge in [-0.1, -0.05) is 31.9 Å². The van der Waals surface area contributed by atoms with Gasteiger partial charge in [-0.3, -0.25) is 9.88 Å². The number of aromatic hydroxyl groups is 1. The van der Waals surface area contributed by atoms with Gasteiger partial charge in [-0.15, -0.1) is 0 Å². The topological polar surface area (TPSA) is 56.6 Å². The second kappa shape index (κ2) is 7.14. The van der Waals surface area contributed by atoms with Crippen molar-refractivity contribution in [3.8, 4) is 5.75 Å². The number of rotatable bonds is 4. The van der Waals surface area contributed by atoms with Crippen molar-refractivity contribution in [2.75, 3.05) is 18.4 Å². The predicted molar refractivity (Wildman–Crippen MR) is 106 cm³/mol. The van der Waals surface area contributed by atoms with Crippen LogP contribution < -0.4 is 0 Å². The maximum atomic E-state index is 11.2. The Morgan fingerprint density at radius 2 is 2.16 bits per heavy atom. The lowest BCUT2D eigenvalue weighted by Gasteiger charge is -2.52. The zero-order chi connectivity index (χ0) is 17.6. The number of piperidine rings is 3. The van der Waals surface area contributed by atoms with E-state index in [4.69, 9.17) is 0 Å². The summed E-state index contributed by atoms with van der Waals surface area (Å²) in [6, 6.07) is 7.17. The molecule has 0 amide bonds. The van der Waals surface area contributed by atoms with Crippen molar-refractivity contribution in [2.45, 2.75) is 29.8 Å². The molecule has 0 radical (unpaired) electrons. The molecule has 3 fully saturated rings. The maximum Gasteiger partial charge on any atom is 0.116 e. The average Bonchev–Trinajstić information content (AvgIpc) is 2.66.